The largest absolute Gasteiger partial charge is 0.324 e. The predicted molar refractivity (Wildman–Crippen MR) is 113 cm³/mol. The van der Waals surface area contributed by atoms with Gasteiger partial charge in [0, 0.05) is 12.1 Å². The second-order valence-corrected chi connectivity index (χ2v) is 8.99. The van der Waals surface area contributed by atoms with Crippen LogP contribution in [0.5, 0.6) is 0 Å². The van der Waals surface area contributed by atoms with Crippen LogP contribution in [0.25, 0.3) is 0 Å². The van der Waals surface area contributed by atoms with Gasteiger partial charge in [0.2, 0.25) is 17.7 Å². The molecule has 5 heteroatoms. The van der Waals surface area contributed by atoms with Crippen LogP contribution in [0, 0.1) is 30.6 Å². The molecule has 2 saturated carbocycles. The van der Waals surface area contributed by atoms with Crippen molar-refractivity contribution in [1.82, 2.24) is 4.90 Å². The molecule has 0 spiro atoms. The number of hydrogen-bond donors (Lipinski definition) is 1. The Bertz CT molecular complexity index is 957. The number of carbonyl (C=O) groups is 3. The summed E-state index contributed by atoms with van der Waals surface area (Å²) in [6.45, 7) is 1.98. The molecule has 1 N–H and O–H groups in total. The molecule has 5 nitrogen and oxygen atoms in total. The van der Waals surface area contributed by atoms with E-state index < -0.39 is 6.04 Å². The van der Waals surface area contributed by atoms with Crippen molar-refractivity contribution in [3.05, 3.63) is 65.7 Å². The number of aryl methyl sites for hydroxylation is 1. The van der Waals surface area contributed by atoms with Crippen molar-refractivity contribution in [1.29, 1.82) is 0 Å². The second kappa shape index (κ2) is 7.38. The lowest BCUT2D eigenvalue weighted by Gasteiger charge is -2.27. The molecule has 2 aliphatic carbocycles. The zero-order valence-corrected chi connectivity index (χ0v) is 17.1. The van der Waals surface area contributed by atoms with Gasteiger partial charge in [0.25, 0.3) is 0 Å². The lowest BCUT2D eigenvalue weighted by molar-refractivity contribution is -0.147. The lowest BCUT2D eigenvalue weighted by Crippen LogP contribution is -2.49. The molecule has 0 unspecified atom stereocenters. The maximum absolute atomic E-state index is 13.3. The van der Waals surface area contributed by atoms with Crippen LogP contribution in [0.1, 0.15) is 30.4 Å². The lowest BCUT2D eigenvalue weighted by atomic mass is 9.81. The van der Waals surface area contributed by atoms with E-state index in [4.69, 9.17) is 0 Å². The van der Waals surface area contributed by atoms with E-state index in [1.165, 1.54) is 4.90 Å². The normalized spacial score (nSPS) is 28.0. The Morgan fingerprint density at radius 1 is 0.967 bits per heavy atom. The monoisotopic (exact) mass is 402 g/mol. The first-order valence-electron chi connectivity index (χ1n) is 10.8. The summed E-state index contributed by atoms with van der Waals surface area (Å²) >= 11 is 0. The van der Waals surface area contributed by atoms with Crippen molar-refractivity contribution < 1.29 is 14.4 Å². The number of amides is 3. The second-order valence-electron chi connectivity index (χ2n) is 8.99. The fourth-order valence-corrected chi connectivity index (χ4v) is 5.74. The summed E-state index contributed by atoms with van der Waals surface area (Å²) in [5, 5.41) is 2.93. The topological polar surface area (TPSA) is 66.5 Å². The molecule has 5 atom stereocenters. The SMILES string of the molecule is Cc1ccc(NC(=O)[C@@H](Cc2ccccc2)N2C(=O)[C@@H]3[C@@H]4CC[C@@H](C4)[C@@H]3C2=O)cc1. The van der Waals surface area contributed by atoms with Crippen LogP contribution in [0.15, 0.2) is 54.6 Å². The number of likely N-dealkylation sites (tertiary alicyclic amines) is 1. The molecule has 0 aromatic heterocycles. The zero-order chi connectivity index (χ0) is 20.8. The van der Waals surface area contributed by atoms with Gasteiger partial charge in [0.15, 0.2) is 0 Å². The number of nitrogens with zero attached hydrogens (tertiary/aromatic N) is 1. The van der Waals surface area contributed by atoms with Crippen LogP contribution in [-0.4, -0.2) is 28.7 Å². The first-order chi connectivity index (χ1) is 14.5. The van der Waals surface area contributed by atoms with Crippen molar-refractivity contribution in [3.63, 3.8) is 0 Å². The predicted octanol–water partition coefficient (Wildman–Crippen LogP) is 3.58. The minimum atomic E-state index is -0.835. The highest BCUT2D eigenvalue weighted by Gasteiger charge is 2.62. The molecular weight excluding hydrogens is 376 g/mol. The number of fused-ring (bicyclic) bond motifs is 5. The Kier molecular flexibility index (Phi) is 4.69. The van der Waals surface area contributed by atoms with Gasteiger partial charge < -0.3 is 5.32 Å². The number of benzene rings is 2. The maximum Gasteiger partial charge on any atom is 0.248 e. The van der Waals surface area contributed by atoms with E-state index in [0.29, 0.717) is 23.9 Å². The third-order valence-electron chi connectivity index (χ3n) is 7.17. The van der Waals surface area contributed by atoms with Gasteiger partial charge in [-0.2, -0.15) is 0 Å². The number of anilines is 1. The van der Waals surface area contributed by atoms with Crippen molar-refractivity contribution in [3.8, 4) is 0 Å². The van der Waals surface area contributed by atoms with Crippen LogP contribution in [0.3, 0.4) is 0 Å². The first-order valence-corrected chi connectivity index (χ1v) is 10.8. The van der Waals surface area contributed by atoms with Crippen molar-refractivity contribution in [2.24, 2.45) is 23.7 Å². The summed E-state index contributed by atoms with van der Waals surface area (Å²) in [5.74, 6) is -0.424. The summed E-state index contributed by atoms with van der Waals surface area (Å²) in [4.78, 5) is 41.3. The molecule has 1 aliphatic heterocycles. The van der Waals surface area contributed by atoms with E-state index in [2.05, 4.69) is 5.32 Å². The van der Waals surface area contributed by atoms with Crippen LogP contribution in [0.2, 0.25) is 0 Å². The summed E-state index contributed by atoms with van der Waals surface area (Å²) in [6, 6.07) is 16.3. The quantitative estimate of drug-likeness (QED) is 0.778. The van der Waals surface area contributed by atoms with Gasteiger partial charge in [-0.05, 0) is 55.7 Å². The van der Waals surface area contributed by atoms with Gasteiger partial charge in [0.1, 0.15) is 6.04 Å². The molecule has 3 aliphatic rings. The molecule has 5 rings (SSSR count). The van der Waals surface area contributed by atoms with E-state index in [9.17, 15) is 14.4 Å². The van der Waals surface area contributed by atoms with E-state index in [1.807, 2.05) is 61.5 Å². The standard InChI is InChI=1S/C25H26N2O3/c1-15-7-11-19(12-8-15)26-23(28)20(13-16-5-3-2-4-6-16)27-24(29)21-17-9-10-18(14-17)22(21)25(27)30/h2-8,11-12,17-18,20-22H,9-10,13-14H2,1H3,(H,26,28)/t17-,18+,20-,21-,22+/m1/s1. The van der Waals surface area contributed by atoms with Crippen LogP contribution in [0.4, 0.5) is 5.69 Å². The first kappa shape index (κ1) is 19.0. The number of carbonyl (C=O) groups excluding carboxylic acids is 3. The fourth-order valence-electron chi connectivity index (χ4n) is 5.74. The van der Waals surface area contributed by atoms with Crippen LogP contribution in [-0.2, 0) is 20.8 Å². The minimum Gasteiger partial charge on any atom is -0.324 e. The summed E-state index contributed by atoms with van der Waals surface area (Å²) in [5.41, 5.74) is 2.70. The maximum atomic E-state index is 13.3. The highest BCUT2D eigenvalue weighted by Crippen LogP contribution is 2.56. The van der Waals surface area contributed by atoms with Crippen molar-refractivity contribution in [2.75, 3.05) is 5.32 Å². The molecule has 3 amide bonds. The van der Waals surface area contributed by atoms with Crippen molar-refractivity contribution in [2.45, 2.75) is 38.6 Å². The van der Waals surface area contributed by atoms with Gasteiger partial charge in [-0.15, -0.1) is 0 Å². The Morgan fingerprint density at radius 3 is 2.17 bits per heavy atom. The molecule has 30 heavy (non-hydrogen) atoms. The number of imide groups is 1. The molecule has 2 bridgehead atoms. The van der Waals surface area contributed by atoms with E-state index in [0.717, 1.165) is 30.4 Å². The molecule has 154 valence electrons. The Labute approximate surface area is 176 Å². The van der Waals surface area contributed by atoms with E-state index in [1.54, 1.807) is 0 Å². The summed E-state index contributed by atoms with van der Waals surface area (Å²) < 4.78 is 0. The molecular formula is C25H26N2O3. The van der Waals surface area contributed by atoms with E-state index in [-0.39, 0.29) is 29.6 Å². The van der Waals surface area contributed by atoms with Crippen molar-refractivity contribution >= 4 is 23.4 Å². The number of rotatable bonds is 5. The Morgan fingerprint density at radius 2 is 1.57 bits per heavy atom. The molecule has 1 heterocycles. The molecule has 0 radical (unpaired) electrons. The van der Waals surface area contributed by atoms with Gasteiger partial charge >= 0.3 is 0 Å². The molecule has 3 fully saturated rings. The van der Waals surface area contributed by atoms with Gasteiger partial charge in [0.05, 0.1) is 11.8 Å². The minimum absolute atomic E-state index is 0.141. The smallest absolute Gasteiger partial charge is 0.248 e. The molecule has 2 aromatic carbocycles. The highest BCUT2D eigenvalue weighted by atomic mass is 16.2. The number of nitrogens with one attached hydrogen (secondary N) is 1. The van der Waals surface area contributed by atoms with Gasteiger partial charge in [-0.3, -0.25) is 19.3 Å². The third kappa shape index (κ3) is 3.13. The zero-order valence-electron chi connectivity index (χ0n) is 17.1. The highest BCUT2D eigenvalue weighted by molar-refractivity contribution is 6.10. The fraction of sp³-hybridized carbons (Fsp3) is 0.400. The summed E-state index contributed by atoms with van der Waals surface area (Å²) in [6.07, 6.45) is 3.36. The molecule has 2 aromatic rings. The summed E-state index contributed by atoms with van der Waals surface area (Å²) in [7, 11) is 0. The van der Waals surface area contributed by atoms with Crippen LogP contribution >= 0.6 is 0 Å². The average Bonchev–Trinajstić information content (AvgIpc) is 3.43. The third-order valence-corrected chi connectivity index (χ3v) is 7.17. The average molecular weight is 402 g/mol. The number of hydrogen-bond acceptors (Lipinski definition) is 3. The Balaban J connectivity index is 1.45. The van der Waals surface area contributed by atoms with E-state index >= 15 is 0 Å². The molecule has 1 saturated heterocycles. The van der Waals surface area contributed by atoms with Gasteiger partial charge in [-0.1, -0.05) is 48.0 Å². The van der Waals surface area contributed by atoms with Crippen LogP contribution < -0.4 is 5.32 Å². The van der Waals surface area contributed by atoms with Gasteiger partial charge in [-0.25, -0.2) is 0 Å². The Hall–Kier alpha value is -2.95.